The standard InChI is InChI=1S/C5H13OP.ClH/c1-4-5(2,3)6-7;/h4,7H2,1-3H3;1H. The molecule has 0 saturated heterocycles. The van der Waals surface area contributed by atoms with Gasteiger partial charge >= 0.3 is 0 Å². The van der Waals surface area contributed by atoms with E-state index >= 15 is 0 Å². The van der Waals surface area contributed by atoms with Gasteiger partial charge in [0.1, 0.15) is 0 Å². The summed E-state index contributed by atoms with van der Waals surface area (Å²) in [5.41, 5.74) is 0.0463. The summed E-state index contributed by atoms with van der Waals surface area (Å²) in [7, 11) is 2.27. The molecule has 0 rings (SSSR count). The highest BCUT2D eigenvalue weighted by molar-refractivity contribution is 7.09. The molecule has 0 radical (unpaired) electrons. The van der Waals surface area contributed by atoms with E-state index in [-0.39, 0.29) is 18.0 Å². The highest BCUT2D eigenvalue weighted by atomic mass is 35.5. The summed E-state index contributed by atoms with van der Waals surface area (Å²) >= 11 is 0. The van der Waals surface area contributed by atoms with E-state index in [1.165, 1.54) is 0 Å². The normalized spacial score (nSPS) is 10.5. The van der Waals surface area contributed by atoms with E-state index in [0.717, 1.165) is 6.42 Å². The number of rotatable bonds is 2. The van der Waals surface area contributed by atoms with Gasteiger partial charge in [-0.3, -0.25) is 0 Å². The second-order valence-electron chi connectivity index (χ2n) is 2.23. The van der Waals surface area contributed by atoms with Crippen LogP contribution in [0.2, 0.25) is 0 Å². The Morgan fingerprint density at radius 2 is 1.88 bits per heavy atom. The molecule has 0 fully saturated rings. The summed E-state index contributed by atoms with van der Waals surface area (Å²) in [6.45, 7) is 6.21. The molecule has 1 atom stereocenters. The van der Waals surface area contributed by atoms with Crippen molar-refractivity contribution in [3.8, 4) is 0 Å². The van der Waals surface area contributed by atoms with Gasteiger partial charge in [0.15, 0.2) is 0 Å². The summed E-state index contributed by atoms with van der Waals surface area (Å²) in [5.74, 6) is 0. The van der Waals surface area contributed by atoms with Crippen molar-refractivity contribution in [2.75, 3.05) is 0 Å². The van der Waals surface area contributed by atoms with Crippen LogP contribution in [0.1, 0.15) is 27.2 Å². The van der Waals surface area contributed by atoms with Crippen LogP contribution >= 0.6 is 21.9 Å². The van der Waals surface area contributed by atoms with Gasteiger partial charge in [-0.1, -0.05) is 6.92 Å². The molecule has 0 heterocycles. The third-order valence-electron chi connectivity index (χ3n) is 1.17. The molecule has 0 aromatic rings. The van der Waals surface area contributed by atoms with E-state index in [1.54, 1.807) is 0 Å². The number of hydrogen-bond acceptors (Lipinski definition) is 1. The zero-order valence-corrected chi connectivity index (χ0v) is 7.57. The lowest BCUT2D eigenvalue weighted by Gasteiger charge is -2.19. The van der Waals surface area contributed by atoms with Gasteiger partial charge in [0, 0.05) is 9.47 Å². The minimum absolute atomic E-state index is 0. The Kier molecular flexibility index (Phi) is 6.52. The van der Waals surface area contributed by atoms with Crippen LogP contribution in [0.5, 0.6) is 0 Å². The molecule has 0 aliphatic rings. The summed E-state index contributed by atoms with van der Waals surface area (Å²) in [6, 6.07) is 0. The molecule has 0 aliphatic heterocycles. The molecule has 0 saturated carbocycles. The van der Waals surface area contributed by atoms with Crippen molar-refractivity contribution in [1.82, 2.24) is 0 Å². The summed E-state index contributed by atoms with van der Waals surface area (Å²) in [4.78, 5) is 0. The third-order valence-corrected chi connectivity index (χ3v) is 1.81. The van der Waals surface area contributed by atoms with Crippen molar-refractivity contribution < 1.29 is 4.52 Å². The Hall–Kier alpha value is 0.680. The topological polar surface area (TPSA) is 9.23 Å². The number of halogens is 1. The molecule has 0 bridgehead atoms. The lowest BCUT2D eigenvalue weighted by molar-refractivity contribution is 0.134. The fourth-order valence-corrected chi connectivity index (χ4v) is 0.250. The Labute approximate surface area is 59.9 Å². The monoisotopic (exact) mass is 156 g/mol. The van der Waals surface area contributed by atoms with Gasteiger partial charge in [-0.2, -0.15) is 0 Å². The summed E-state index contributed by atoms with van der Waals surface area (Å²) in [5, 5.41) is 0. The molecular weight excluding hydrogens is 142 g/mol. The van der Waals surface area contributed by atoms with Crippen molar-refractivity contribution >= 4 is 21.9 Å². The Bertz CT molecular complexity index is 50.4. The zero-order valence-electron chi connectivity index (χ0n) is 5.60. The van der Waals surface area contributed by atoms with Crippen molar-refractivity contribution in [3.05, 3.63) is 0 Å². The molecule has 0 amide bonds. The smallest absolute Gasteiger partial charge is 0.0659 e. The molecule has 3 heteroatoms. The van der Waals surface area contributed by atoms with Crippen LogP contribution in [0, 0.1) is 0 Å². The molecule has 1 nitrogen and oxygen atoms in total. The van der Waals surface area contributed by atoms with Crippen LogP contribution in [0.3, 0.4) is 0 Å². The maximum atomic E-state index is 5.00. The van der Waals surface area contributed by atoms with E-state index in [9.17, 15) is 0 Å². The fourth-order valence-electron chi connectivity index (χ4n) is 0.0833. The molecular formula is C5H14ClOP. The first-order valence-corrected chi connectivity index (χ1v) is 2.97. The van der Waals surface area contributed by atoms with Crippen molar-refractivity contribution in [1.29, 1.82) is 0 Å². The Balaban J connectivity index is 0. The van der Waals surface area contributed by atoms with E-state index in [4.69, 9.17) is 4.52 Å². The van der Waals surface area contributed by atoms with E-state index in [2.05, 4.69) is 30.2 Å². The molecule has 52 valence electrons. The Morgan fingerprint density at radius 1 is 1.50 bits per heavy atom. The van der Waals surface area contributed by atoms with E-state index < -0.39 is 0 Å². The van der Waals surface area contributed by atoms with Gasteiger partial charge in [-0.25, -0.2) is 0 Å². The molecule has 8 heavy (non-hydrogen) atoms. The quantitative estimate of drug-likeness (QED) is 0.558. The molecule has 0 aromatic carbocycles. The molecule has 0 aliphatic carbocycles. The molecule has 0 aromatic heterocycles. The summed E-state index contributed by atoms with van der Waals surface area (Å²) in [6.07, 6.45) is 1.05. The van der Waals surface area contributed by atoms with Crippen LogP contribution in [-0.2, 0) is 4.52 Å². The maximum Gasteiger partial charge on any atom is 0.0659 e. The van der Waals surface area contributed by atoms with Crippen LogP contribution < -0.4 is 0 Å². The average molecular weight is 157 g/mol. The third kappa shape index (κ3) is 4.83. The van der Waals surface area contributed by atoms with E-state index in [1.807, 2.05) is 0 Å². The van der Waals surface area contributed by atoms with Crippen molar-refractivity contribution in [2.45, 2.75) is 32.8 Å². The lowest BCUT2D eigenvalue weighted by atomic mass is 10.1. The van der Waals surface area contributed by atoms with Gasteiger partial charge in [-0.05, 0) is 20.3 Å². The van der Waals surface area contributed by atoms with Gasteiger partial charge in [0.25, 0.3) is 0 Å². The van der Waals surface area contributed by atoms with E-state index in [0.29, 0.717) is 0 Å². The van der Waals surface area contributed by atoms with Gasteiger partial charge < -0.3 is 4.52 Å². The minimum atomic E-state index is 0. The van der Waals surface area contributed by atoms with Crippen LogP contribution in [0.4, 0.5) is 0 Å². The fraction of sp³-hybridized carbons (Fsp3) is 1.00. The van der Waals surface area contributed by atoms with Crippen molar-refractivity contribution in [2.24, 2.45) is 0 Å². The second kappa shape index (κ2) is 4.55. The first-order valence-electron chi connectivity index (χ1n) is 2.50. The molecule has 0 N–H and O–H groups in total. The van der Waals surface area contributed by atoms with Crippen molar-refractivity contribution in [3.63, 3.8) is 0 Å². The van der Waals surface area contributed by atoms with Gasteiger partial charge in [0.05, 0.1) is 5.60 Å². The first kappa shape index (κ1) is 11.5. The molecule has 0 spiro atoms. The summed E-state index contributed by atoms with van der Waals surface area (Å²) < 4.78 is 5.00. The number of hydrogen-bond donors (Lipinski definition) is 0. The van der Waals surface area contributed by atoms with Gasteiger partial charge in [0.2, 0.25) is 0 Å². The Morgan fingerprint density at radius 3 is 1.88 bits per heavy atom. The first-order chi connectivity index (χ1) is 3.12. The highest BCUT2D eigenvalue weighted by Crippen LogP contribution is 2.15. The molecule has 1 unspecified atom stereocenters. The predicted molar refractivity (Wildman–Crippen MR) is 42.4 cm³/mol. The SMILES string of the molecule is CCC(C)(C)OP.Cl. The lowest BCUT2D eigenvalue weighted by Crippen LogP contribution is -2.17. The predicted octanol–water partition coefficient (Wildman–Crippen LogP) is 2.40. The second-order valence-corrected chi connectivity index (χ2v) is 2.47. The minimum Gasteiger partial charge on any atom is -0.360 e. The largest absolute Gasteiger partial charge is 0.360 e. The average Bonchev–Trinajstić information content (AvgIpc) is 1.68. The van der Waals surface area contributed by atoms with Crippen LogP contribution in [0.25, 0.3) is 0 Å². The van der Waals surface area contributed by atoms with Crippen LogP contribution in [-0.4, -0.2) is 5.60 Å². The zero-order chi connectivity index (χ0) is 5.91. The maximum absolute atomic E-state index is 5.00. The van der Waals surface area contributed by atoms with Crippen LogP contribution in [0.15, 0.2) is 0 Å². The van der Waals surface area contributed by atoms with Gasteiger partial charge in [-0.15, -0.1) is 12.4 Å². The highest BCUT2D eigenvalue weighted by Gasteiger charge is 2.11.